The summed E-state index contributed by atoms with van der Waals surface area (Å²) in [6.07, 6.45) is 2.53. The summed E-state index contributed by atoms with van der Waals surface area (Å²) in [7, 11) is -2.47. The van der Waals surface area contributed by atoms with Crippen molar-refractivity contribution in [2.45, 2.75) is 17.2 Å². The van der Waals surface area contributed by atoms with Gasteiger partial charge < -0.3 is 4.90 Å². The molecule has 3 aromatic carbocycles. The fourth-order valence-electron chi connectivity index (χ4n) is 4.39. The Kier molecular flexibility index (Phi) is 7.06. The normalized spacial score (nSPS) is 15.6. The van der Waals surface area contributed by atoms with Crippen molar-refractivity contribution in [3.8, 4) is 5.69 Å². The van der Waals surface area contributed by atoms with Crippen LogP contribution in [0.15, 0.2) is 88.4 Å². The molecule has 1 unspecified atom stereocenters. The molecule has 0 radical (unpaired) electrons. The van der Waals surface area contributed by atoms with Gasteiger partial charge in [-0.05, 0) is 64.8 Å². The third-order valence-corrected chi connectivity index (χ3v) is 9.18. The molecule has 0 aliphatic carbocycles. The summed E-state index contributed by atoms with van der Waals surface area (Å²) in [6, 6.07) is 20.5. The van der Waals surface area contributed by atoms with E-state index in [1.54, 1.807) is 64.2 Å². The lowest BCUT2D eigenvalue weighted by molar-refractivity contribution is 0.0787. The van der Waals surface area contributed by atoms with Gasteiger partial charge in [0.05, 0.1) is 28.8 Å². The van der Waals surface area contributed by atoms with Crippen LogP contribution in [0.4, 0.5) is 5.69 Å². The number of carbonyl (C=O) groups excluding carboxylic acids is 1. The van der Waals surface area contributed by atoms with Crippen LogP contribution in [0.2, 0.25) is 5.02 Å². The highest BCUT2D eigenvalue weighted by molar-refractivity contribution is 9.10. The van der Waals surface area contributed by atoms with Gasteiger partial charge in [-0.25, -0.2) is 13.1 Å². The van der Waals surface area contributed by atoms with E-state index in [1.165, 1.54) is 17.4 Å². The largest absolute Gasteiger partial charge is 0.338 e. The predicted molar refractivity (Wildman–Crippen MR) is 146 cm³/mol. The van der Waals surface area contributed by atoms with E-state index in [9.17, 15) is 13.2 Å². The minimum absolute atomic E-state index is 0.0217. The third kappa shape index (κ3) is 5.01. The second-order valence-electron chi connectivity index (χ2n) is 8.72. The summed E-state index contributed by atoms with van der Waals surface area (Å²) in [5, 5.41) is 9.16. The summed E-state index contributed by atoms with van der Waals surface area (Å²) in [4.78, 5) is 15.2. The number of amides is 1. The molecule has 0 spiro atoms. The molecular weight excluding hydrogens is 578 g/mol. The van der Waals surface area contributed by atoms with Crippen molar-refractivity contribution < 1.29 is 13.2 Å². The van der Waals surface area contributed by atoms with Crippen LogP contribution in [0.1, 0.15) is 28.4 Å². The molecule has 0 saturated carbocycles. The standard InChI is InChI=1S/C26H23BrClN5O3S/c1-31(20-7-3-2-4-8-20)37(35,36)25-10-6-5-9-21(25)26(34)32-14-13-18(16-32)23-17-33(30-29-23)24-15-19(28)11-12-22(24)27/h2-12,15,17-18H,13-14,16H2,1H3. The highest BCUT2D eigenvalue weighted by atomic mass is 79.9. The molecule has 5 rings (SSSR count). The van der Waals surface area contributed by atoms with E-state index < -0.39 is 10.0 Å². The number of rotatable bonds is 6. The van der Waals surface area contributed by atoms with Gasteiger partial charge in [0.1, 0.15) is 4.90 Å². The lowest BCUT2D eigenvalue weighted by atomic mass is 10.1. The van der Waals surface area contributed by atoms with Gasteiger partial charge in [-0.1, -0.05) is 47.1 Å². The second kappa shape index (κ2) is 10.3. The molecule has 190 valence electrons. The zero-order chi connectivity index (χ0) is 26.2. The maximum atomic E-state index is 13.5. The van der Waals surface area contributed by atoms with Crippen LogP contribution in [-0.4, -0.2) is 54.4 Å². The molecule has 0 N–H and O–H groups in total. The van der Waals surface area contributed by atoms with Crippen molar-refractivity contribution in [3.05, 3.63) is 99.7 Å². The van der Waals surface area contributed by atoms with E-state index in [-0.39, 0.29) is 22.3 Å². The average molecular weight is 601 g/mol. The van der Waals surface area contributed by atoms with Gasteiger partial charge in [-0.3, -0.25) is 9.10 Å². The molecule has 8 nitrogen and oxygen atoms in total. The molecule has 11 heteroatoms. The van der Waals surface area contributed by atoms with Crippen molar-refractivity contribution in [3.63, 3.8) is 0 Å². The SMILES string of the molecule is CN(c1ccccc1)S(=O)(=O)c1ccccc1C(=O)N1CCC(c2cn(-c3cc(Cl)ccc3Br)nn2)C1. The minimum atomic E-state index is -3.95. The van der Waals surface area contributed by atoms with E-state index in [4.69, 9.17) is 11.6 Å². The van der Waals surface area contributed by atoms with Gasteiger partial charge in [-0.15, -0.1) is 5.10 Å². The van der Waals surface area contributed by atoms with Crippen molar-refractivity contribution in [2.24, 2.45) is 0 Å². The highest BCUT2D eigenvalue weighted by Gasteiger charge is 2.33. The number of aromatic nitrogens is 3. The van der Waals surface area contributed by atoms with Crippen LogP contribution >= 0.6 is 27.5 Å². The number of sulfonamides is 1. The van der Waals surface area contributed by atoms with E-state index >= 15 is 0 Å². The minimum Gasteiger partial charge on any atom is -0.338 e. The fraction of sp³-hybridized carbons (Fsp3) is 0.192. The second-order valence-corrected chi connectivity index (χ2v) is 12.0. The quantitative estimate of drug-likeness (QED) is 0.306. The molecule has 1 fully saturated rings. The van der Waals surface area contributed by atoms with Gasteiger partial charge in [0, 0.05) is 35.6 Å². The summed E-state index contributed by atoms with van der Waals surface area (Å²) >= 11 is 9.65. The first kappa shape index (κ1) is 25.4. The molecule has 4 aromatic rings. The number of hydrogen-bond donors (Lipinski definition) is 0. The zero-order valence-electron chi connectivity index (χ0n) is 19.8. The summed E-state index contributed by atoms with van der Waals surface area (Å²) in [5.74, 6) is -0.348. The highest BCUT2D eigenvalue weighted by Crippen LogP contribution is 2.31. The molecule has 1 atom stereocenters. The summed E-state index contributed by atoms with van der Waals surface area (Å²) in [5.41, 5.74) is 2.18. The average Bonchev–Trinajstić information content (AvgIpc) is 3.60. The van der Waals surface area contributed by atoms with Crippen LogP contribution in [0.25, 0.3) is 5.69 Å². The lowest BCUT2D eigenvalue weighted by Crippen LogP contribution is -2.32. The number of hydrogen-bond acceptors (Lipinski definition) is 5. The third-order valence-electron chi connectivity index (χ3n) is 6.44. The number of likely N-dealkylation sites (tertiary alicyclic amines) is 1. The van der Waals surface area contributed by atoms with Crippen molar-refractivity contribution in [1.29, 1.82) is 0 Å². The fourth-order valence-corrected chi connectivity index (χ4v) is 6.36. The van der Waals surface area contributed by atoms with Gasteiger partial charge in [0.25, 0.3) is 15.9 Å². The summed E-state index contributed by atoms with van der Waals surface area (Å²) in [6.45, 7) is 0.900. The molecule has 1 saturated heterocycles. The van der Waals surface area contributed by atoms with Crippen LogP contribution in [-0.2, 0) is 10.0 Å². The molecule has 1 aliphatic rings. The van der Waals surface area contributed by atoms with E-state index in [1.807, 2.05) is 18.3 Å². The maximum absolute atomic E-state index is 13.5. The van der Waals surface area contributed by atoms with E-state index in [2.05, 4.69) is 26.2 Å². The Morgan fingerprint density at radius 1 is 1.08 bits per heavy atom. The molecule has 1 aromatic heterocycles. The van der Waals surface area contributed by atoms with E-state index in [0.29, 0.717) is 30.2 Å². The number of nitrogens with zero attached hydrogens (tertiary/aromatic N) is 5. The van der Waals surface area contributed by atoms with Gasteiger partial charge in [-0.2, -0.15) is 0 Å². The van der Waals surface area contributed by atoms with Gasteiger partial charge >= 0.3 is 0 Å². The summed E-state index contributed by atoms with van der Waals surface area (Å²) < 4.78 is 30.6. The molecule has 0 bridgehead atoms. The van der Waals surface area contributed by atoms with Crippen LogP contribution in [0, 0.1) is 0 Å². The Morgan fingerprint density at radius 2 is 1.81 bits per heavy atom. The van der Waals surface area contributed by atoms with Crippen molar-refractivity contribution in [1.82, 2.24) is 19.9 Å². The first-order valence-corrected chi connectivity index (χ1v) is 14.2. The van der Waals surface area contributed by atoms with Crippen LogP contribution < -0.4 is 4.31 Å². The van der Waals surface area contributed by atoms with Crippen molar-refractivity contribution in [2.75, 3.05) is 24.4 Å². The Labute approximate surface area is 228 Å². The number of halogens is 2. The Morgan fingerprint density at radius 3 is 2.59 bits per heavy atom. The Balaban J connectivity index is 1.37. The molecule has 1 aliphatic heterocycles. The van der Waals surface area contributed by atoms with Crippen molar-refractivity contribution >= 4 is 49.1 Å². The maximum Gasteiger partial charge on any atom is 0.264 e. The first-order valence-electron chi connectivity index (χ1n) is 11.6. The lowest BCUT2D eigenvalue weighted by Gasteiger charge is -2.23. The molecule has 37 heavy (non-hydrogen) atoms. The zero-order valence-corrected chi connectivity index (χ0v) is 23.0. The van der Waals surface area contributed by atoms with Gasteiger partial charge in [0.15, 0.2) is 0 Å². The van der Waals surface area contributed by atoms with Crippen LogP contribution in [0.5, 0.6) is 0 Å². The molecular formula is C26H23BrClN5O3S. The smallest absolute Gasteiger partial charge is 0.264 e. The van der Waals surface area contributed by atoms with Crippen LogP contribution in [0.3, 0.4) is 0 Å². The monoisotopic (exact) mass is 599 g/mol. The molecule has 1 amide bonds. The number of carbonyl (C=O) groups is 1. The Bertz CT molecular complexity index is 1560. The molecule has 2 heterocycles. The Hall–Kier alpha value is -3.21. The first-order chi connectivity index (χ1) is 17.8. The number of anilines is 1. The number of para-hydroxylation sites is 1. The van der Waals surface area contributed by atoms with E-state index in [0.717, 1.165) is 15.9 Å². The number of benzene rings is 3. The predicted octanol–water partition coefficient (Wildman–Crippen LogP) is 5.14. The van der Waals surface area contributed by atoms with Gasteiger partial charge in [0.2, 0.25) is 0 Å². The topological polar surface area (TPSA) is 88.4 Å².